The molecule has 1 aliphatic heterocycles. The molecule has 1 atom stereocenters. The van der Waals surface area contributed by atoms with Crippen molar-refractivity contribution in [1.29, 1.82) is 0 Å². The topological polar surface area (TPSA) is 35.5 Å². The molecule has 4 heteroatoms. The monoisotopic (exact) mass is 356 g/mol. The predicted molar refractivity (Wildman–Crippen MR) is 98.4 cm³/mol. The lowest BCUT2D eigenvalue weighted by Gasteiger charge is -2.30. The Morgan fingerprint density at radius 3 is 2.15 bits per heavy atom. The molecular weight excluding hydrogens is 331 g/mol. The molecule has 1 fully saturated rings. The van der Waals surface area contributed by atoms with Gasteiger partial charge >= 0.3 is 5.97 Å². The van der Waals surface area contributed by atoms with E-state index in [2.05, 4.69) is 0 Å². The highest BCUT2D eigenvalue weighted by atomic mass is 19.1. The summed E-state index contributed by atoms with van der Waals surface area (Å²) in [5, 5.41) is 0. The van der Waals surface area contributed by atoms with Crippen molar-refractivity contribution in [2.75, 3.05) is 6.61 Å². The molecule has 2 aromatic carbocycles. The second-order valence-electron chi connectivity index (χ2n) is 7.75. The fraction of sp³-hybridized carbons (Fsp3) is 0.409. The van der Waals surface area contributed by atoms with Gasteiger partial charge < -0.3 is 9.47 Å². The van der Waals surface area contributed by atoms with Gasteiger partial charge in [0.2, 0.25) is 0 Å². The van der Waals surface area contributed by atoms with Gasteiger partial charge in [-0.15, -0.1) is 0 Å². The SMILES string of the molecule is CC(C)(C)OC(=O)Cc1ccc(C2(c3ccc(F)cc3)CCCO2)cc1. The summed E-state index contributed by atoms with van der Waals surface area (Å²) in [6, 6.07) is 14.4. The lowest BCUT2D eigenvalue weighted by atomic mass is 9.83. The molecule has 0 spiro atoms. The molecule has 0 radical (unpaired) electrons. The van der Waals surface area contributed by atoms with E-state index in [0.29, 0.717) is 6.61 Å². The number of hydrogen-bond acceptors (Lipinski definition) is 3. The van der Waals surface area contributed by atoms with Crippen LogP contribution in [0.4, 0.5) is 4.39 Å². The Balaban J connectivity index is 1.81. The van der Waals surface area contributed by atoms with Crippen LogP contribution in [0.25, 0.3) is 0 Å². The number of benzene rings is 2. The van der Waals surface area contributed by atoms with Gasteiger partial charge in [-0.1, -0.05) is 36.4 Å². The van der Waals surface area contributed by atoms with Crippen LogP contribution in [-0.2, 0) is 26.3 Å². The van der Waals surface area contributed by atoms with Crippen LogP contribution in [0.2, 0.25) is 0 Å². The molecule has 0 amide bonds. The molecule has 0 saturated carbocycles. The van der Waals surface area contributed by atoms with Crippen molar-refractivity contribution in [3.63, 3.8) is 0 Å². The zero-order valence-corrected chi connectivity index (χ0v) is 15.5. The van der Waals surface area contributed by atoms with Gasteiger partial charge in [0, 0.05) is 6.61 Å². The molecule has 3 rings (SSSR count). The maximum Gasteiger partial charge on any atom is 0.310 e. The van der Waals surface area contributed by atoms with Crippen molar-refractivity contribution in [2.45, 2.75) is 51.2 Å². The third kappa shape index (κ3) is 4.13. The summed E-state index contributed by atoms with van der Waals surface area (Å²) in [5.41, 5.74) is 1.85. The minimum atomic E-state index is -0.544. The van der Waals surface area contributed by atoms with Gasteiger partial charge in [0.25, 0.3) is 0 Å². The molecule has 0 aromatic heterocycles. The number of carbonyl (C=O) groups is 1. The molecule has 0 N–H and O–H groups in total. The predicted octanol–water partition coefficient (Wildman–Crippen LogP) is 4.76. The highest BCUT2D eigenvalue weighted by Crippen LogP contribution is 2.42. The highest BCUT2D eigenvalue weighted by Gasteiger charge is 2.38. The lowest BCUT2D eigenvalue weighted by Crippen LogP contribution is -2.26. The minimum absolute atomic E-state index is 0.238. The van der Waals surface area contributed by atoms with Gasteiger partial charge in [0.05, 0.1) is 6.42 Å². The maximum atomic E-state index is 13.3. The number of halogens is 1. The second kappa shape index (κ2) is 7.20. The summed E-state index contributed by atoms with van der Waals surface area (Å²) in [6.45, 7) is 6.25. The third-order valence-electron chi connectivity index (χ3n) is 4.52. The number of esters is 1. The first-order chi connectivity index (χ1) is 12.3. The van der Waals surface area contributed by atoms with Gasteiger partial charge in [-0.25, -0.2) is 4.39 Å². The maximum absolute atomic E-state index is 13.3. The number of ether oxygens (including phenoxy) is 2. The van der Waals surface area contributed by atoms with E-state index in [1.807, 2.05) is 45.0 Å². The summed E-state index contributed by atoms with van der Waals surface area (Å²) in [7, 11) is 0. The van der Waals surface area contributed by atoms with Crippen LogP contribution in [0.5, 0.6) is 0 Å². The summed E-state index contributed by atoms with van der Waals surface area (Å²) in [6.07, 6.45) is 2.04. The van der Waals surface area contributed by atoms with Crippen molar-refractivity contribution in [1.82, 2.24) is 0 Å². The first-order valence-corrected chi connectivity index (χ1v) is 9.00. The van der Waals surface area contributed by atoms with E-state index in [1.54, 1.807) is 12.1 Å². The van der Waals surface area contributed by atoms with Crippen LogP contribution in [0.3, 0.4) is 0 Å². The smallest absolute Gasteiger partial charge is 0.310 e. The molecule has 0 bridgehead atoms. The summed E-state index contributed by atoms with van der Waals surface area (Å²) in [4.78, 5) is 12.0. The van der Waals surface area contributed by atoms with Gasteiger partial charge in [0.1, 0.15) is 17.0 Å². The first-order valence-electron chi connectivity index (χ1n) is 9.00. The Bertz CT molecular complexity index is 751. The Hall–Kier alpha value is -2.20. The van der Waals surface area contributed by atoms with Crippen molar-refractivity contribution < 1.29 is 18.7 Å². The standard InChI is InChI=1S/C22H25FO3/c1-21(2,3)26-20(24)15-16-5-7-17(8-6-16)22(13-4-14-25-22)18-9-11-19(23)12-10-18/h5-12H,4,13-15H2,1-3H3. The van der Waals surface area contributed by atoms with Crippen LogP contribution in [0.1, 0.15) is 50.3 Å². The molecule has 26 heavy (non-hydrogen) atoms. The Kier molecular flexibility index (Phi) is 5.15. The minimum Gasteiger partial charge on any atom is -0.460 e. The molecular formula is C22H25FO3. The van der Waals surface area contributed by atoms with Gasteiger partial charge in [-0.2, -0.15) is 0 Å². The van der Waals surface area contributed by atoms with Crippen LogP contribution in [-0.4, -0.2) is 18.2 Å². The van der Waals surface area contributed by atoms with Crippen molar-refractivity contribution >= 4 is 5.97 Å². The molecule has 1 saturated heterocycles. The zero-order valence-electron chi connectivity index (χ0n) is 15.5. The number of hydrogen-bond donors (Lipinski definition) is 0. The Labute approximate surface area is 154 Å². The van der Waals surface area contributed by atoms with E-state index in [1.165, 1.54) is 12.1 Å². The van der Waals surface area contributed by atoms with Crippen LogP contribution < -0.4 is 0 Å². The number of carbonyl (C=O) groups excluding carboxylic acids is 1. The Morgan fingerprint density at radius 1 is 1.08 bits per heavy atom. The van der Waals surface area contributed by atoms with E-state index in [4.69, 9.17) is 9.47 Å². The summed E-state index contributed by atoms with van der Waals surface area (Å²) >= 11 is 0. The average molecular weight is 356 g/mol. The van der Waals surface area contributed by atoms with Gasteiger partial charge in [0.15, 0.2) is 0 Å². The van der Waals surface area contributed by atoms with Crippen molar-refractivity contribution in [3.8, 4) is 0 Å². The fourth-order valence-corrected chi connectivity index (χ4v) is 3.42. The molecule has 0 aliphatic carbocycles. The molecule has 1 heterocycles. The zero-order chi connectivity index (χ0) is 18.8. The molecule has 3 nitrogen and oxygen atoms in total. The molecule has 2 aromatic rings. The Morgan fingerprint density at radius 2 is 1.65 bits per heavy atom. The van der Waals surface area contributed by atoms with Crippen molar-refractivity contribution in [3.05, 3.63) is 71.0 Å². The largest absolute Gasteiger partial charge is 0.460 e. The average Bonchev–Trinajstić information content (AvgIpc) is 3.05. The lowest BCUT2D eigenvalue weighted by molar-refractivity contribution is -0.153. The second-order valence-corrected chi connectivity index (χ2v) is 7.75. The first kappa shape index (κ1) is 18.6. The van der Waals surface area contributed by atoms with Crippen LogP contribution in [0.15, 0.2) is 48.5 Å². The van der Waals surface area contributed by atoms with E-state index in [9.17, 15) is 9.18 Å². The quantitative estimate of drug-likeness (QED) is 0.741. The normalized spacial score (nSPS) is 20.2. The van der Waals surface area contributed by atoms with Gasteiger partial charge in [-0.3, -0.25) is 4.79 Å². The molecule has 1 aliphatic rings. The molecule has 1 unspecified atom stereocenters. The van der Waals surface area contributed by atoms with Crippen molar-refractivity contribution in [2.24, 2.45) is 0 Å². The van der Waals surface area contributed by atoms with E-state index in [-0.39, 0.29) is 18.2 Å². The highest BCUT2D eigenvalue weighted by molar-refractivity contribution is 5.73. The van der Waals surface area contributed by atoms with E-state index in [0.717, 1.165) is 29.5 Å². The van der Waals surface area contributed by atoms with Crippen LogP contribution >= 0.6 is 0 Å². The molecule has 138 valence electrons. The fourth-order valence-electron chi connectivity index (χ4n) is 3.42. The summed E-state index contributed by atoms with van der Waals surface area (Å²) < 4.78 is 24.8. The van der Waals surface area contributed by atoms with Gasteiger partial charge in [-0.05, 0) is 62.4 Å². The number of rotatable bonds is 4. The summed E-state index contributed by atoms with van der Waals surface area (Å²) in [5.74, 6) is -0.495. The van der Waals surface area contributed by atoms with E-state index >= 15 is 0 Å². The van der Waals surface area contributed by atoms with E-state index < -0.39 is 11.2 Å². The van der Waals surface area contributed by atoms with Crippen LogP contribution in [0, 0.1) is 5.82 Å². The third-order valence-corrected chi connectivity index (χ3v) is 4.52.